The minimum absolute atomic E-state index is 0. The van der Waals surface area contributed by atoms with Crippen molar-refractivity contribution in [2.24, 2.45) is 10.9 Å². The Bertz CT molecular complexity index is 537. The molecule has 2 N–H and O–H groups in total. The molecule has 2 aliphatic rings. The first-order valence-electron chi connectivity index (χ1n) is 9.41. The zero-order valence-electron chi connectivity index (χ0n) is 15.6. The van der Waals surface area contributed by atoms with Crippen LogP contribution in [0.1, 0.15) is 37.7 Å². The fourth-order valence-electron chi connectivity index (χ4n) is 3.94. The summed E-state index contributed by atoms with van der Waals surface area (Å²) in [4.78, 5) is 6.99. The molecule has 1 atom stereocenters. The molecule has 0 amide bonds. The molecule has 7 heteroatoms. The van der Waals surface area contributed by atoms with Crippen molar-refractivity contribution in [3.63, 3.8) is 0 Å². The minimum atomic E-state index is 0. The zero-order valence-corrected chi connectivity index (χ0v) is 17.9. The molecular formula is C18H33IN6. The average molecular weight is 460 g/mol. The van der Waals surface area contributed by atoms with Gasteiger partial charge in [0.2, 0.25) is 0 Å². The van der Waals surface area contributed by atoms with Crippen LogP contribution in [0.5, 0.6) is 0 Å². The molecule has 2 fully saturated rings. The van der Waals surface area contributed by atoms with E-state index in [0.717, 1.165) is 31.5 Å². The van der Waals surface area contributed by atoms with Gasteiger partial charge in [-0.15, -0.1) is 24.0 Å². The highest BCUT2D eigenvalue weighted by atomic mass is 127. The molecule has 0 bridgehead atoms. The molecule has 2 heterocycles. The molecule has 0 aromatic carbocycles. The van der Waals surface area contributed by atoms with Crippen LogP contribution in [0, 0.1) is 12.8 Å². The van der Waals surface area contributed by atoms with Gasteiger partial charge in [-0.25, -0.2) is 0 Å². The molecule has 142 valence electrons. The van der Waals surface area contributed by atoms with E-state index in [1.807, 2.05) is 17.9 Å². The summed E-state index contributed by atoms with van der Waals surface area (Å²) >= 11 is 0. The van der Waals surface area contributed by atoms with Crippen LogP contribution >= 0.6 is 24.0 Å². The first-order valence-corrected chi connectivity index (χ1v) is 9.41. The fourth-order valence-corrected chi connectivity index (χ4v) is 3.94. The third kappa shape index (κ3) is 6.44. The number of nitrogens with one attached hydrogen (secondary N) is 2. The van der Waals surface area contributed by atoms with Gasteiger partial charge in [0.1, 0.15) is 0 Å². The Morgan fingerprint density at radius 2 is 2.12 bits per heavy atom. The van der Waals surface area contributed by atoms with E-state index in [1.54, 1.807) is 0 Å². The van der Waals surface area contributed by atoms with Gasteiger partial charge in [-0.2, -0.15) is 5.10 Å². The lowest BCUT2D eigenvalue weighted by Crippen LogP contribution is -2.45. The summed E-state index contributed by atoms with van der Waals surface area (Å²) in [5, 5.41) is 11.3. The van der Waals surface area contributed by atoms with Gasteiger partial charge in [0, 0.05) is 45.5 Å². The number of aryl methyl sites for hydroxylation is 1. The summed E-state index contributed by atoms with van der Waals surface area (Å²) in [6.07, 6.45) is 10.9. The maximum atomic E-state index is 4.36. The molecule has 3 rings (SSSR count). The highest BCUT2D eigenvalue weighted by Crippen LogP contribution is 2.26. The van der Waals surface area contributed by atoms with Gasteiger partial charge in [-0.05, 0) is 37.7 Å². The molecule has 0 spiro atoms. The lowest BCUT2D eigenvalue weighted by Gasteiger charge is -2.21. The molecule has 1 aromatic heterocycles. The quantitative estimate of drug-likeness (QED) is 0.389. The number of hydrogen-bond donors (Lipinski definition) is 2. The maximum absolute atomic E-state index is 4.36. The van der Waals surface area contributed by atoms with Crippen LogP contribution in [0.25, 0.3) is 0 Å². The monoisotopic (exact) mass is 460 g/mol. The van der Waals surface area contributed by atoms with Crippen molar-refractivity contribution in [2.45, 2.75) is 51.6 Å². The maximum Gasteiger partial charge on any atom is 0.191 e. The fraction of sp³-hybridized carbons (Fsp3) is 0.778. The molecular weight excluding hydrogens is 427 g/mol. The number of nitrogens with zero attached hydrogens (tertiary/aromatic N) is 4. The van der Waals surface area contributed by atoms with E-state index in [1.165, 1.54) is 50.8 Å². The molecule has 1 unspecified atom stereocenters. The summed E-state index contributed by atoms with van der Waals surface area (Å²) in [5.74, 6) is 1.85. The van der Waals surface area contributed by atoms with E-state index in [0.29, 0.717) is 6.04 Å². The summed E-state index contributed by atoms with van der Waals surface area (Å²) in [6, 6.07) is 0.518. The second-order valence-corrected chi connectivity index (χ2v) is 7.32. The van der Waals surface area contributed by atoms with Crippen LogP contribution in [0.15, 0.2) is 17.4 Å². The number of halogens is 1. The van der Waals surface area contributed by atoms with Crippen molar-refractivity contribution in [1.82, 2.24) is 25.3 Å². The van der Waals surface area contributed by atoms with Crippen LogP contribution in [0.2, 0.25) is 0 Å². The van der Waals surface area contributed by atoms with Crippen molar-refractivity contribution < 1.29 is 0 Å². The van der Waals surface area contributed by atoms with Gasteiger partial charge in [-0.1, -0.05) is 12.8 Å². The Morgan fingerprint density at radius 3 is 2.80 bits per heavy atom. The van der Waals surface area contributed by atoms with Crippen molar-refractivity contribution in [3.05, 3.63) is 18.0 Å². The SMILES string of the molecule is CN=C(NCCn1cc(C)cn1)NC1CCN(CC2CCCC2)C1.I. The Balaban J connectivity index is 0.00000225. The number of aromatic nitrogens is 2. The van der Waals surface area contributed by atoms with E-state index < -0.39 is 0 Å². The largest absolute Gasteiger partial charge is 0.355 e. The number of rotatable bonds is 6. The Hall–Kier alpha value is -0.830. The van der Waals surface area contributed by atoms with Crippen molar-refractivity contribution in [2.75, 3.05) is 33.2 Å². The van der Waals surface area contributed by atoms with Crippen LogP contribution in [0.4, 0.5) is 0 Å². The molecule has 25 heavy (non-hydrogen) atoms. The molecule has 0 radical (unpaired) electrons. The van der Waals surface area contributed by atoms with Crippen molar-refractivity contribution >= 4 is 29.9 Å². The first kappa shape index (κ1) is 20.5. The molecule has 1 saturated carbocycles. The predicted molar refractivity (Wildman–Crippen MR) is 114 cm³/mol. The van der Waals surface area contributed by atoms with Crippen LogP contribution in [-0.4, -0.2) is 59.9 Å². The van der Waals surface area contributed by atoms with Crippen LogP contribution < -0.4 is 10.6 Å². The second kappa shape index (κ2) is 10.4. The summed E-state index contributed by atoms with van der Waals surface area (Å²) in [7, 11) is 1.85. The standard InChI is InChI=1S/C18H32N6.HI/c1-15-11-21-24(12-15)10-8-20-18(19-2)22-17-7-9-23(14-17)13-16-5-3-4-6-16;/h11-12,16-17H,3-10,13-14H2,1-2H3,(H2,19,20,22);1H. The summed E-state index contributed by atoms with van der Waals surface area (Å²) in [5.41, 5.74) is 1.20. The van der Waals surface area contributed by atoms with E-state index in [4.69, 9.17) is 0 Å². The van der Waals surface area contributed by atoms with Crippen molar-refractivity contribution in [1.29, 1.82) is 0 Å². The third-order valence-electron chi connectivity index (χ3n) is 5.22. The Morgan fingerprint density at radius 1 is 1.32 bits per heavy atom. The Kier molecular flexibility index (Phi) is 8.48. The van der Waals surface area contributed by atoms with Crippen molar-refractivity contribution in [3.8, 4) is 0 Å². The summed E-state index contributed by atoms with van der Waals surface area (Å²) in [6.45, 7) is 7.41. The number of hydrogen-bond acceptors (Lipinski definition) is 3. The molecule has 1 aliphatic heterocycles. The Labute approximate surface area is 168 Å². The zero-order chi connectivity index (χ0) is 16.8. The molecule has 1 saturated heterocycles. The molecule has 1 aromatic rings. The highest BCUT2D eigenvalue weighted by molar-refractivity contribution is 14.0. The first-order chi connectivity index (χ1) is 11.7. The smallest absolute Gasteiger partial charge is 0.191 e. The van der Waals surface area contributed by atoms with Gasteiger partial charge in [-0.3, -0.25) is 9.67 Å². The van der Waals surface area contributed by atoms with Gasteiger partial charge < -0.3 is 15.5 Å². The molecule has 6 nitrogen and oxygen atoms in total. The molecule has 1 aliphatic carbocycles. The van der Waals surface area contributed by atoms with E-state index in [-0.39, 0.29) is 24.0 Å². The summed E-state index contributed by atoms with van der Waals surface area (Å²) < 4.78 is 1.97. The van der Waals surface area contributed by atoms with Gasteiger partial charge in [0.05, 0.1) is 12.7 Å². The number of likely N-dealkylation sites (tertiary alicyclic amines) is 1. The predicted octanol–water partition coefficient (Wildman–Crippen LogP) is 2.24. The van der Waals surface area contributed by atoms with E-state index in [9.17, 15) is 0 Å². The highest BCUT2D eigenvalue weighted by Gasteiger charge is 2.26. The lowest BCUT2D eigenvalue weighted by molar-refractivity contribution is 0.275. The number of guanidine groups is 1. The average Bonchev–Trinajstić information content (AvgIpc) is 3.30. The number of aliphatic imine (C=N–C) groups is 1. The van der Waals surface area contributed by atoms with E-state index >= 15 is 0 Å². The minimum Gasteiger partial charge on any atom is -0.355 e. The second-order valence-electron chi connectivity index (χ2n) is 7.32. The van der Waals surface area contributed by atoms with Gasteiger partial charge >= 0.3 is 0 Å². The van der Waals surface area contributed by atoms with Gasteiger partial charge in [0.15, 0.2) is 5.96 Å². The van der Waals surface area contributed by atoms with Crippen LogP contribution in [-0.2, 0) is 6.54 Å². The third-order valence-corrected chi connectivity index (χ3v) is 5.22. The lowest BCUT2D eigenvalue weighted by atomic mass is 10.1. The van der Waals surface area contributed by atoms with Gasteiger partial charge in [0.25, 0.3) is 0 Å². The normalized spacial score (nSPS) is 22.2. The van der Waals surface area contributed by atoms with E-state index in [2.05, 4.69) is 38.7 Å². The van der Waals surface area contributed by atoms with Crippen LogP contribution in [0.3, 0.4) is 0 Å². The topological polar surface area (TPSA) is 57.5 Å².